The molecule has 0 bridgehead atoms. The zero-order valence-corrected chi connectivity index (χ0v) is 15.0. The van der Waals surface area contributed by atoms with Crippen LogP contribution >= 0.6 is 27.3 Å². The van der Waals surface area contributed by atoms with Crippen molar-refractivity contribution in [2.45, 2.75) is 20.4 Å². The highest BCUT2D eigenvalue weighted by atomic mass is 79.9. The Morgan fingerprint density at radius 1 is 1.05 bits per heavy atom. The Bertz CT molecular complexity index is 974. The summed E-state index contributed by atoms with van der Waals surface area (Å²) in [6, 6.07) is 17.6. The number of aryl methyl sites for hydroxylation is 2. The highest BCUT2D eigenvalue weighted by Gasteiger charge is 2.15. The molecule has 0 saturated carbocycles. The van der Waals surface area contributed by atoms with Crippen molar-refractivity contribution in [1.29, 1.82) is 0 Å². The van der Waals surface area contributed by atoms with Gasteiger partial charge in [-0.15, -0.1) is 11.3 Å². The molecular weight excluding hydrogens is 354 g/mol. The van der Waals surface area contributed by atoms with Crippen LogP contribution < -0.4 is 0 Å². The Balaban J connectivity index is 2.16. The lowest BCUT2D eigenvalue weighted by molar-refractivity contribution is 0.828. The van der Waals surface area contributed by atoms with Crippen molar-refractivity contribution < 1.29 is 0 Å². The van der Waals surface area contributed by atoms with Crippen molar-refractivity contribution in [3.8, 4) is 10.4 Å². The number of rotatable bonds is 2. The number of fused-ring (bicyclic) bond motifs is 3. The summed E-state index contributed by atoms with van der Waals surface area (Å²) in [5.41, 5.74) is 3.99. The first-order valence-electron chi connectivity index (χ1n) is 7.47. The first kappa shape index (κ1) is 14.0. The van der Waals surface area contributed by atoms with Gasteiger partial charge in [0.25, 0.3) is 0 Å². The van der Waals surface area contributed by atoms with Gasteiger partial charge in [0.1, 0.15) is 0 Å². The predicted octanol–water partition coefficient (Wildman–Crippen LogP) is 6.61. The van der Waals surface area contributed by atoms with Gasteiger partial charge in [0.15, 0.2) is 0 Å². The van der Waals surface area contributed by atoms with Gasteiger partial charge in [-0.25, -0.2) is 0 Å². The molecule has 4 aromatic rings. The van der Waals surface area contributed by atoms with E-state index < -0.39 is 0 Å². The summed E-state index contributed by atoms with van der Waals surface area (Å²) in [5, 5.41) is 2.69. The molecule has 2 aromatic heterocycles. The van der Waals surface area contributed by atoms with Gasteiger partial charge in [-0.3, -0.25) is 0 Å². The van der Waals surface area contributed by atoms with E-state index in [1.807, 2.05) is 11.3 Å². The molecule has 0 atom stereocenters. The number of aromatic nitrogens is 1. The highest BCUT2D eigenvalue weighted by molar-refractivity contribution is 9.10. The van der Waals surface area contributed by atoms with E-state index in [0.717, 1.165) is 6.54 Å². The minimum absolute atomic E-state index is 0.979. The van der Waals surface area contributed by atoms with Gasteiger partial charge in [0.05, 0.1) is 5.52 Å². The molecule has 0 amide bonds. The number of thiophene rings is 1. The Labute approximate surface area is 142 Å². The maximum absolute atomic E-state index is 3.65. The number of benzene rings is 2. The first-order chi connectivity index (χ1) is 10.7. The summed E-state index contributed by atoms with van der Waals surface area (Å²) < 4.78 is 3.63. The zero-order valence-electron chi connectivity index (χ0n) is 12.6. The van der Waals surface area contributed by atoms with Gasteiger partial charge in [0.2, 0.25) is 0 Å². The molecule has 0 unspecified atom stereocenters. The summed E-state index contributed by atoms with van der Waals surface area (Å²) in [5.74, 6) is 0. The van der Waals surface area contributed by atoms with E-state index in [1.54, 1.807) is 0 Å². The van der Waals surface area contributed by atoms with Crippen LogP contribution in [0.3, 0.4) is 0 Å². The number of nitrogens with zero attached hydrogens (tertiary/aromatic N) is 1. The van der Waals surface area contributed by atoms with Crippen molar-refractivity contribution in [3.05, 3.63) is 57.9 Å². The van der Waals surface area contributed by atoms with Gasteiger partial charge in [-0.05, 0) is 41.9 Å². The minimum Gasteiger partial charge on any atom is -0.340 e. The van der Waals surface area contributed by atoms with Gasteiger partial charge in [0, 0.05) is 42.6 Å². The van der Waals surface area contributed by atoms with E-state index in [2.05, 4.69) is 82.9 Å². The first-order valence-corrected chi connectivity index (χ1v) is 9.08. The third-order valence-corrected chi connectivity index (χ3v) is 6.40. The molecule has 2 heterocycles. The third-order valence-electron chi connectivity index (χ3n) is 4.23. The van der Waals surface area contributed by atoms with Crippen LogP contribution in [0.5, 0.6) is 0 Å². The lowest BCUT2D eigenvalue weighted by atomic mass is 10.1. The van der Waals surface area contributed by atoms with Crippen molar-refractivity contribution in [2.24, 2.45) is 0 Å². The molecule has 0 fully saturated rings. The van der Waals surface area contributed by atoms with Crippen molar-refractivity contribution in [2.75, 3.05) is 0 Å². The van der Waals surface area contributed by atoms with Crippen molar-refractivity contribution in [1.82, 2.24) is 4.57 Å². The van der Waals surface area contributed by atoms with Crippen LogP contribution in [0.4, 0.5) is 0 Å². The molecule has 0 aliphatic heterocycles. The fraction of sp³-hybridized carbons (Fsp3) is 0.158. The molecule has 22 heavy (non-hydrogen) atoms. The molecule has 0 saturated heterocycles. The van der Waals surface area contributed by atoms with Crippen LogP contribution in [0, 0.1) is 6.92 Å². The molecule has 0 aliphatic rings. The quantitative estimate of drug-likeness (QED) is 0.374. The van der Waals surface area contributed by atoms with Gasteiger partial charge in [-0.1, -0.05) is 36.4 Å². The fourth-order valence-corrected chi connectivity index (χ4v) is 4.79. The summed E-state index contributed by atoms with van der Waals surface area (Å²) in [6.07, 6.45) is 0. The second kappa shape index (κ2) is 5.25. The third kappa shape index (κ3) is 1.96. The molecule has 2 aromatic carbocycles. The summed E-state index contributed by atoms with van der Waals surface area (Å²) >= 11 is 5.50. The maximum atomic E-state index is 3.65. The lowest BCUT2D eigenvalue weighted by Gasteiger charge is -2.07. The van der Waals surface area contributed by atoms with E-state index in [4.69, 9.17) is 0 Å². The molecule has 4 rings (SSSR count). The van der Waals surface area contributed by atoms with E-state index in [0.29, 0.717) is 0 Å². The molecule has 0 N–H and O–H groups in total. The van der Waals surface area contributed by atoms with Crippen LogP contribution in [0.1, 0.15) is 11.8 Å². The van der Waals surface area contributed by atoms with Crippen LogP contribution in [0.15, 0.2) is 53.0 Å². The zero-order chi connectivity index (χ0) is 15.3. The molecule has 110 valence electrons. The van der Waals surface area contributed by atoms with Gasteiger partial charge >= 0.3 is 0 Å². The molecule has 0 radical (unpaired) electrons. The second-order valence-corrected chi connectivity index (χ2v) is 7.59. The Morgan fingerprint density at radius 2 is 1.82 bits per heavy atom. The number of hydrogen-bond donors (Lipinski definition) is 0. The summed E-state index contributed by atoms with van der Waals surface area (Å²) in [4.78, 5) is 2.65. The minimum atomic E-state index is 0.979. The van der Waals surface area contributed by atoms with Gasteiger partial charge < -0.3 is 4.57 Å². The van der Waals surface area contributed by atoms with E-state index in [9.17, 15) is 0 Å². The maximum Gasteiger partial charge on any atom is 0.0579 e. The molecule has 1 nitrogen and oxygen atoms in total. The van der Waals surface area contributed by atoms with E-state index >= 15 is 0 Å². The largest absolute Gasteiger partial charge is 0.340 e. The molecular formula is C19H16BrNS. The SMILES string of the molecule is CCn1c2ccccc2c2cccc(-c3cc(Br)c(C)s3)c21. The fourth-order valence-electron chi connectivity index (χ4n) is 3.23. The number of halogens is 1. The average molecular weight is 370 g/mol. The smallest absolute Gasteiger partial charge is 0.0579 e. The summed E-state index contributed by atoms with van der Waals surface area (Å²) in [7, 11) is 0. The second-order valence-electron chi connectivity index (χ2n) is 5.48. The summed E-state index contributed by atoms with van der Waals surface area (Å²) in [6.45, 7) is 5.36. The molecule has 0 spiro atoms. The van der Waals surface area contributed by atoms with Crippen LogP contribution in [0.2, 0.25) is 0 Å². The van der Waals surface area contributed by atoms with Crippen LogP contribution in [0.25, 0.3) is 32.2 Å². The number of para-hydroxylation sites is 2. The van der Waals surface area contributed by atoms with Gasteiger partial charge in [-0.2, -0.15) is 0 Å². The van der Waals surface area contributed by atoms with E-state index in [-0.39, 0.29) is 0 Å². The average Bonchev–Trinajstić information content (AvgIpc) is 3.05. The van der Waals surface area contributed by atoms with Crippen molar-refractivity contribution in [3.63, 3.8) is 0 Å². The topological polar surface area (TPSA) is 4.93 Å². The molecule has 0 aliphatic carbocycles. The Morgan fingerprint density at radius 3 is 2.55 bits per heavy atom. The standard InChI is InChI=1S/C19H16BrNS/c1-3-21-17-10-5-4-7-13(17)14-8-6-9-15(19(14)21)18-11-16(20)12(2)22-18/h4-11H,3H2,1-2H3. The highest BCUT2D eigenvalue weighted by Crippen LogP contribution is 2.40. The Hall–Kier alpha value is -1.58. The normalized spacial score (nSPS) is 11.6. The monoisotopic (exact) mass is 369 g/mol. The van der Waals surface area contributed by atoms with E-state index in [1.165, 1.54) is 41.6 Å². The number of hydrogen-bond acceptors (Lipinski definition) is 1. The lowest BCUT2D eigenvalue weighted by Crippen LogP contribution is -1.94. The Kier molecular flexibility index (Phi) is 3.35. The van der Waals surface area contributed by atoms with Crippen LogP contribution in [-0.4, -0.2) is 4.57 Å². The van der Waals surface area contributed by atoms with Crippen molar-refractivity contribution >= 4 is 49.1 Å². The molecule has 3 heteroatoms. The van der Waals surface area contributed by atoms with Crippen LogP contribution in [-0.2, 0) is 6.54 Å². The predicted molar refractivity (Wildman–Crippen MR) is 101 cm³/mol.